The standard InChI is InChI=1S/C49H30N4O2/c1-27-24-33(26-37-35-7-3-5-9-43(35)55-49(27)37)39-20-15-29-11-13-31-17-22-41(53-48(31)46(29)51-39)40-21-16-30-12-10-28-14-19-38(50-45(28)47(30)52-40)32-18-23-44-36(25-32)34-6-2-4-8-42(34)54-44/h2-23,25-27H,24H2,1H3. The van der Waals surface area contributed by atoms with E-state index >= 15 is 0 Å². The second-order valence-electron chi connectivity index (χ2n) is 14.7. The summed E-state index contributed by atoms with van der Waals surface area (Å²) < 4.78 is 12.4. The van der Waals surface area contributed by atoms with Gasteiger partial charge in [0, 0.05) is 54.7 Å². The Kier molecular flexibility index (Phi) is 6.29. The number of nitrogens with zero attached hydrogens (tertiary/aromatic N) is 4. The van der Waals surface area contributed by atoms with Crippen LogP contribution in [-0.4, -0.2) is 19.9 Å². The Balaban J connectivity index is 0.972. The molecule has 0 saturated carbocycles. The van der Waals surface area contributed by atoms with Crippen LogP contribution in [0.1, 0.15) is 36.3 Å². The van der Waals surface area contributed by atoms with E-state index in [2.05, 4.69) is 116 Å². The molecule has 0 spiro atoms. The van der Waals surface area contributed by atoms with Crippen LogP contribution in [-0.2, 0) is 0 Å². The first-order chi connectivity index (χ1) is 27.1. The first-order valence-corrected chi connectivity index (χ1v) is 18.7. The van der Waals surface area contributed by atoms with Gasteiger partial charge in [-0.3, -0.25) is 0 Å². The normalized spacial score (nSPS) is 14.5. The molecule has 1 aliphatic carbocycles. The van der Waals surface area contributed by atoms with Gasteiger partial charge in [0.25, 0.3) is 0 Å². The molecule has 0 fully saturated rings. The van der Waals surface area contributed by atoms with Gasteiger partial charge in [-0.15, -0.1) is 0 Å². The number of hydrogen-bond donors (Lipinski definition) is 0. The Morgan fingerprint density at radius 1 is 0.455 bits per heavy atom. The summed E-state index contributed by atoms with van der Waals surface area (Å²) in [6.07, 6.45) is 3.12. The maximum absolute atomic E-state index is 6.28. The lowest BCUT2D eigenvalue weighted by Gasteiger charge is -2.19. The predicted octanol–water partition coefficient (Wildman–Crippen LogP) is 12.9. The molecule has 11 aromatic rings. The van der Waals surface area contributed by atoms with Crippen LogP contribution in [0.3, 0.4) is 0 Å². The monoisotopic (exact) mass is 706 g/mol. The number of para-hydroxylation sites is 2. The summed E-state index contributed by atoms with van der Waals surface area (Å²) in [6, 6.07) is 48.0. The number of furan rings is 2. The van der Waals surface area contributed by atoms with Crippen molar-refractivity contribution in [3.63, 3.8) is 0 Å². The van der Waals surface area contributed by atoms with Crippen LogP contribution >= 0.6 is 0 Å². The molecule has 1 atom stereocenters. The predicted molar refractivity (Wildman–Crippen MR) is 223 cm³/mol. The molecule has 55 heavy (non-hydrogen) atoms. The second-order valence-corrected chi connectivity index (χ2v) is 14.7. The van der Waals surface area contributed by atoms with Crippen LogP contribution in [0.5, 0.6) is 0 Å². The summed E-state index contributed by atoms with van der Waals surface area (Å²) in [6.45, 7) is 2.23. The van der Waals surface area contributed by atoms with E-state index in [9.17, 15) is 0 Å². The zero-order chi connectivity index (χ0) is 36.2. The van der Waals surface area contributed by atoms with E-state index in [1.807, 2.05) is 36.4 Å². The average molecular weight is 707 g/mol. The van der Waals surface area contributed by atoms with E-state index < -0.39 is 0 Å². The maximum Gasteiger partial charge on any atom is 0.135 e. The molecular formula is C49H30N4O2. The third kappa shape index (κ3) is 4.68. The van der Waals surface area contributed by atoms with Crippen LogP contribution in [0, 0.1) is 0 Å². The molecule has 6 nitrogen and oxygen atoms in total. The number of pyridine rings is 4. The summed E-state index contributed by atoms with van der Waals surface area (Å²) in [5, 5.41) is 7.47. The van der Waals surface area contributed by atoms with Gasteiger partial charge in [-0.2, -0.15) is 0 Å². The van der Waals surface area contributed by atoms with Crippen molar-refractivity contribution in [1.29, 1.82) is 0 Å². The molecule has 0 amide bonds. The van der Waals surface area contributed by atoms with Gasteiger partial charge in [-0.1, -0.05) is 91.9 Å². The summed E-state index contributed by atoms with van der Waals surface area (Å²) in [4.78, 5) is 21.0. The molecule has 5 aromatic carbocycles. The molecule has 12 rings (SSSR count). The summed E-state index contributed by atoms with van der Waals surface area (Å²) >= 11 is 0. The molecule has 6 heteroatoms. The molecular weight excluding hydrogens is 677 g/mol. The Bertz CT molecular complexity index is 3450. The van der Waals surface area contributed by atoms with Crippen LogP contribution in [0.4, 0.5) is 0 Å². The van der Waals surface area contributed by atoms with E-state index in [-0.39, 0.29) is 5.92 Å². The Hall–Kier alpha value is -7.18. The van der Waals surface area contributed by atoms with Crippen molar-refractivity contribution in [1.82, 2.24) is 19.9 Å². The minimum atomic E-state index is 0.248. The summed E-state index contributed by atoms with van der Waals surface area (Å²) in [7, 11) is 0. The zero-order valence-corrected chi connectivity index (χ0v) is 29.7. The van der Waals surface area contributed by atoms with E-state index in [4.69, 9.17) is 28.8 Å². The summed E-state index contributed by atoms with van der Waals surface area (Å²) in [5.74, 6) is 1.30. The Labute approximate surface area is 314 Å². The minimum Gasteiger partial charge on any atom is -0.460 e. The highest BCUT2D eigenvalue weighted by Gasteiger charge is 2.25. The van der Waals surface area contributed by atoms with Crippen LogP contribution in [0.25, 0.3) is 111 Å². The molecule has 6 aromatic heterocycles. The Morgan fingerprint density at radius 3 is 1.60 bits per heavy atom. The first kappa shape index (κ1) is 30.3. The van der Waals surface area contributed by atoms with Crippen molar-refractivity contribution >= 4 is 88.2 Å². The van der Waals surface area contributed by atoms with E-state index in [1.54, 1.807) is 0 Å². The van der Waals surface area contributed by atoms with Gasteiger partial charge in [0.15, 0.2) is 0 Å². The van der Waals surface area contributed by atoms with Crippen molar-refractivity contribution in [3.8, 4) is 22.6 Å². The van der Waals surface area contributed by atoms with Crippen molar-refractivity contribution < 1.29 is 8.83 Å². The number of rotatable bonds is 3. The van der Waals surface area contributed by atoms with Gasteiger partial charge in [0.2, 0.25) is 0 Å². The van der Waals surface area contributed by atoms with Gasteiger partial charge in [0.1, 0.15) is 22.5 Å². The van der Waals surface area contributed by atoms with Gasteiger partial charge in [0.05, 0.1) is 44.8 Å². The maximum atomic E-state index is 6.28. The van der Waals surface area contributed by atoms with Crippen molar-refractivity contribution in [3.05, 3.63) is 157 Å². The van der Waals surface area contributed by atoms with Gasteiger partial charge in [-0.25, -0.2) is 19.9 Å². The zero-order valence-electron chi connectivity index (χ0n) is 29.7. The molecule has 0 saturated heterocycles. The number of hydrogen-bond acceptors (Lipinski definition) is 6. The number of aromatic nitrogens is 4. The molecule has 258 valence electrons. The van der Waals surface area contributed by atoms with Crippen LogP contribution in [0.2, 0.25) is 0 Å². The molecule has 0 aliphatic heterocycles. The van der Waals surface area contributed by atoms with Crippen LogP contribution < -0.4 is 0 Å². The Morgan fingerprint density at radius 2 is 0.945 bits per heavy atom. The second kappa shape index (κ2) is 11.4. The average Bonchev–Trinajstić information content (AvgIpc) is 3.81. The van der Waals surface area contributed by atoms with E-state index in [0.29, 0.717) is 0 Å². The lowest BCUT2D eigenvalue weighted by atomic mass is 9.87. The fourth-order valence-electron chi connectivity index (χ4n) is 8.48. The van der Waals surface area contributed by atoms with Crippen molar-refractivity contribution in [2.45, 2.75) is 19.3 Å². The fraction of sp³-hybridized carbons (Fsp3) is 0.0612. The lowest BCUT2D eigenvalue weighted by Crippen LogP contribution is -2.03. The fourth-order valence-corrected chi connectivity index (χ4v) is 8.48. The smallest absolute Gasteiger partial charge is 0.135 e. The molecule has 0 N–H and O–H groups in total. The lowest BCUT2D eigenvalue weighted by molar-refractivity contribution is 0.506. The van der Waals surface area contributed by atoms with Gasteiger partial charge < -0.3 is 8.83 Å². The highest BCUT2D eigenvalue weighted by atomic mass is 16.3. The SMILES string of the molecule is CC1CC(c2ccc3ccc4ccc(-c5ccc6ccc7ccc(-c8ccc9oc%10ccccc%10c9c8)nc7c6n5)nc4c3n2)=Cc2c1oc1ccccc21. The third-order valence-electron chi connectivity index (χ3n) is 11.3. The highest BCUT2D eigenvalue weighted by molar-refractivity contribution is 6.08. The molecule has 0 bridgehead atoms. The number of benzene rings is 5. The van der Waals surface area contributed by atoms with Crippen LogP contribution in [0.15, 0.2) is 148 Å². The topological polar surface area (TPSA) is 77.8 Å². The quantitative estimate of drug-likeness (QED) is 0.170. The van der Waals surface area contributed by atoms with E-state index in [0.717, 1.165) is 123 Å². The summed E-state index contributed by atoms with van der Waals surface area (Å²) in [5.41, 5.74) is 12.9. The molecule has 1 aliphatic rings. The minimum absolute atomic E-state index is 0.248. The van der Waals surface area contributed by atoms with Gasteiger partial charge >= 0.3 is 0 Å². The number of fused-ring (bicyclic) bond motifs is 12. The number of allylic oxidation sites excluding steroid dienone is 1. The molecule has 1 unspecified atom stereocenters. The molecule has 0 radical (unpaired) electrons. The van der Waals surface area contributed by atoms with E-state index in [1.165, 1.54) is 5.57 Å². The molecule has 6 heterocycles. The van der Waals surface area contributed by atoms with Crippen molar-refractivity contribution in [2.75, 3.05) is 0 Å². The first-order valence-electron chi connectivity index (χ1n) is 18.7. The highest BCUT2D eigenvalue weighted by Crippen LogP contribution is 2.43. The third-order valence-corrected chi connectivity index (χ3v) is 11.3. The largest absolute Gasteiger partial charge is 0.460 e. The van der Waals surface area contributed by atoms with Gasteiger partial charge in [-0.05, 0) is 72.7 Å². The van der Waals surface area contributed by atoms with Crippen molar-refractivity contribution in [2.24, 2.45) is 0 Å².